The molecule has 0 saturated heterocycles. The molecule has 5 heteroatoms. The predicted octanol–water partition coefficient (Wildman–Crippen LogP) is 1.84. The molecule has 1 aliphatic carbocycles. The highest BCUT2D eigenvalue weighted by molar-refractivity contribution is 6.06. The molecule has 0 aromatic heterocycles. The van der Waals surface area contributed by atoms with Crippen molar-refractivity contribution in [1.82, 2.24) is 5.32 Å². The van der Waals surface area contributed by atoms with Crippen molar-refractivity contribution in [2.75, 3.05) is 0 Å². The maximum Gasteiger partial charge on any atom is 0.233 e. The molecule has 1 rings (SSSR count). The standard InChI is InChI=1S/C13H25N3O2/c1-5-13(4,10(14)16-18)11(17)15-9-6-7-12(2,3)8-9/h9,18H,5-8H2,1-4H3,(H2,14,16)(H,15,17). The zero-order valence-corrected chi connectivity index (χ0v) is 11.8. The minimum Gasteiger partial charge on any atom is -0.409 e. The van der Waals surface area contributed by atoms with E-state index < -0.39 is 5.41 Å². The Kier molecular flexibility index (Phi) is 4.24. The number of amides is 1. The Bertz CT molecular complexity index is 352. The Labute approximate surface area is 109 Å². The van der Waals surface area contributed by atoms with Gasteiger partial charge in [-0.15, -0.1) is 0 Å². The number of carbonyl (C=O) groups excluding carboxylic acids is 1. The van der Waals surface area contributed by atoms with Crippen LogP contribution >= 0.6 is 0 Å². The van der Waals surface area contributed by atoms with Gasteiger partial charge in [-0.1, -0.05) is 25.9 Å². The van der Waals surface area contributed by atoms with Crippen LogP contribution in [0.15, 0.2) is 5.16 Å². The van der Waals surface area contributed by atoms with Crippen LogP contribution in [0.25, 0.3) is 0 Å². The summed E-state index contributed by atoms with van der Waals surface area (Å²) < 4.78 is 0. The first-order valence-corrected chi connectivity index (χ1v) is 6.54. The van der Waals surface area contributed by atoms with Crippen molar-refractivity contribution >= 4 is 11.7 Å². The summed E-state index contributed by atoms with van der Waals surface area (Å²) in [6.07, 6.45) is 3.60. The minimum atomic E-state index is -0.929. The molecule has 18 heavy (non-hydrogen) atoms. The van der Waals surface area contributed by atoms with E-state index in [2.05, 4.69) is 24.3 Å². The van der Waals surface area contributed by atoms with Crippen molar-refractivity contribution in [2.45, 2.75) is 59.4 Å². The molecule has 4 N–H and O–H groups in total. The van der Waals surface area contributed by atoms with Crippen LogP contribution in [0, 0.1) is 10.8 Å². The zero-order valence-electron chi connectivity index (χ0n) is 11.8. The fraction of sp³-hybridized carbons (Fsp3) is 0.846. The van der Waals surface area contributed by atoms with E-state index in [-0.39, 0.29) is 23.2 Å². The van der Waals surface area contributed by atoms with Crippen molar-refractivity contribution in [3.05, 3.63) is 0 Å². The lowest BCUT2D eigenvalue weighted by Crippen LogP contribution is -2.50. The zero-order chi connectivity index (χ0) is 14.0. The molecule has 0 radical (unpaired) electrons. The third-order valence-corrected chi connectivity index (χ3v) is 4.19. The summed E-state index contributed by atoms with van der Waals surface area (Å²) in [6, 6.07) is 0.199. The van der Waals surface area contributed by atoms with Crippen LogP contribution in [0.1, 0.15) is 53.4 Å². The molecule has 0 spiro atoms. The second-order valence-corrected chi connectivity index (χ2v) is 6.25. The number of carbonyl (C=O) groups is 1. The average Bonchev–Trinajstić information content (AvgIpc) is 2.66. The minimum absolute atomic E-state index is 0.0280. The van der Waals surface area contributed by atoms with Crippen LogP contribution in [0.2, 0.25) is 0 Å². The Balaban J connectivity index is 2.70. The summed E-state index contributed by atoms with van der Waals surface area (Å²) in [5.41, 5.74) is 4.99. The van der Waals surface area contributed by atoms with Crippen molar-refractivity contribution in [1.29, 1.82) is 0 Å². The van der Waals surface area contributed by atoms with Gasteiger partial charge in [-0.2, -0.15) is 0 Å². The summed E-state index contributed by atoms with van der Waals surface area (Å²) in [7, 11) is 0. The first-order valence-electron chi connectivity index (χ1n) is 6.54. The van der Waals surface area contributed by atoms with Crippen molar-refractivity contribution in [2.24, 2.45) is 21.7 Å². The number of rotatable bonds is 4. The topological polar surface area (TPSA) is 87.7 Å². The molecule has 5 nitrogen and oxygen atoms in total. The maximum atomic E-state index is 12.3. The van der Waals surface area contributed by atoms with Gasteiger partial charge in [0.15, 0.2) is 5.84 Å². The van der Waals surface area contributed by atoms with Crippen molar-refractivity contribution in [3.8, 4) is 0 Å². The average molecular weight is 255 g/mol. The van der Waals surface area contributed by atoms with Crippen molar-refractivity contribution in [3.63, 3.8) is 0 Å². The SMILES string of the molecule is CCC(C)(C(=O)NC1CCC(C)(C)C1)C(N)=NO. The highest BCUT2D eigenvalue weighted by Gasteiger charge is 2.39. The van der Waals surface area contributed by atoms with Crippen LogP contribution in [0.3, 0.4) is 0 Å². The molecule has 0 aromatic carbocycles. The van der Waals surface area contributed by atoms with Gasteiger partial charge in [-0.05, 0) is 38.0 Å². The number of oxime groups is 1. The quantitative estimate of drug-likeness (QED) is 0.310. The van der Waals surface area contributed by atoms with Crippen LogP contribution in [0.4, 0.5) is 0 Å². The molecule has 1 fully saturated rings. The number of amidine groups is 1. The lowest BCUT2D eigenvalue weighted by atomic mass is 9.84. The van der Waals surface area contributed by atoms with Gasteiger partial charge >= 0.3 is 0 Å². The molecule has 0 aliphatic heterocycles. The highest BCUT2D eigenvalue weighted by atomic mass is 16.4. The third-order valence-electron chi connectivity index (χ3n) is 4.19. The first-order chi connectivity index (χ1) is 8.25. The summed E-state index contributed by atoms with van der Waals surface area (Å²) in [4.78, 5) is 12.3. The second kappa shape index (κ2) is 5.16. The van der Waals surface area contributed by atoms with Gasteiger partial charge in [0.25, 0.3) is 0 Å². The summed E-state index contributed by atoms with van der Waals surface area (Å²) in [5.74, 6) is -0.178. The number of hydrogen-bond acceptors (Lipinski definition) is 3. The van der Waals surface area contributed by atoms with E-state index in [1.54, 1.807) is 6.92 Å². The Morgan fingerprint density at radius 1 is 1.61 bits per heavy atom. The van der Waals surface area contributed by atoms with E-state index in [0.29, 0.717) is 6.42 Å². The molecular formula is C13H25N3O2. The first kappa shape index (κ1) is 14.8. The van der Waals surface area contributed by atoms with Gasteiger partial charge in [-0.25, -0.2) is 0 Å². The molecule has 2 atom stereocenters. The Hall–Kier alpha value is -1.26. The van der Waals surface area contributed by atoms with Gasteiger partial charge in [0.1, 0.15) is 5.41 Å². The number of nitrogens with two attached hydrogens (primary N) is 1. The van der Waals surface area contributed by atoms with Gasteiger partial charge < -0.3 is 16.3 Å². The van der Waals surface area contributed by atoms with E-state index in [1.165, 1.54) is 0 Å². The number of nitrogens with zero attached hydrogens (tertiary/aromatic N) is 1. The fourth-order valence-electron chi connectivity index (χ4n) is 2.47. The van der Waals surface area contributed by atoms with Crippen LogP contribution in [-0.2, 0) is 4.79 Å². The van der Waals surface area contributed by atoms with Gasteiger partial charge in [0.05, 0.1) is 0 Å². The molecule has 0 bridgehead atoms. The molecule has 0 heterocycles. The normalized spacial score (nSPS) is 26.7. The van der Waals surface area contributed by atoms with Crippen LogP contribution in [0.5, 0.6) is 0 Å². The number of nitrogens with one attached hydrogen (secondary N) is 1. The molecule has 104 valence electrons. The van der Waals surface area contributed by atoms with Crippen LogP contribution in [-0.4, -0.2) is 23.0 Å². The fourth-order valence-corrected chi connectivity index (χ4v) is 2.47. The maximum absolute atomic E-state index is 12.3. The highest BCUT2D eigenvalue weighted by Crippen LogP contribution is 2.37. The van der Waals surface area contributed by atoms with E-state index in [9.17, 15) is 4.79 Å². The smallest absolute Gasteiger partial charge is 0.233 e. The summed E-state index contributed by atoms with van der Waals surface area (Å²) in [6.45, 7) is 7.98. The third kappa shape index (κ3) is 2.94. The Morgan fingerprint density at radius 3 is 2.61 bits per heavy atom. The van der Waals surface area contributed by atoms with Gasteiger partial charge in [0, 0.05) is 6.04 Å². The van der Waals surface area contributed by atoms with Crippen LogP contribution < -0.4 is 11.1 Å². The Morgan fingerprint density at radius 2 is 2.22 bits per heavy atom. The van der Waals surface area contributed by atoms with E-state index in [0.717, 1.165) is 19.3 Å². The lowest BCUT2D eigenvalue weighted by Gasteiger charge is -2.27. The van der Waals surface area contributed by atoms with E-state index in [1.807, 2.05) is 6.92 Å². The monoisotopic (exact) mass is 255 g/mol. The van der Waals surface area contributed by atoms with Gasteiger partial charge in [-0.3, -0.25) is 4.79 Å². The van der Waals surface area contributed by atoms with Crippen molar-refractivity contribution < 1.29 is 10.0 Å². The molecule has 1 amide bonds. The second-order valence-electron chi connectivity index (χ2n) is 6.25. The van der Waals surface area contributed by atoms with E-state index in [4.69, 9.17) is 10.9 Å². The summed E-state index contributed by atoms with van der Waals surface area (Å²) in [5, 5.41) is 14.8. The predicted molar refractivity (Wildman–Crippen MR) is 71.4 cm³/mol. The molecule has 2 unspecified atom stereocenters. The summed E-state index contributed by atoms with van der Waals surface area (Å²) >= 11 is 0. The lowest BCUT2D eigenvalue weighted by molar-refractivity contribution is -0.127. The molecule has 1 saturated carbocycles. The number of hydrogen-bond donors (Lipinski definition) is 3. The largest absolute Gasteiger partial charge is 0.409 e. The molecule has 0 aromatic rings. The molecular weight excluding hydrogens is 230 g/mol. The molecule has 1 aliphatic rings. The van der Waals surface area contributed by atoms with E-state index >= 15 is 0 Å². The van der Waals surface area contributed by atoms with Gasteiger partial charge in [0.2, 0.25) is 5.91 Å².